The van der Waals surface area contributed by atoms with E-state index in [1.807, 2.05) is 0 Å². The van der Waals surface area contributed by atoms with Crippen LogP contribution in [0.1, 0.15) is 0 Å². The van der Waals surface area contributed by atoms with Gasteiger partial charge < -0.3 is 25.8 Å². The number of aliphatic hydroxyl groups is 3. The first-order valence-corrected chi connectivity index (χ1v) is 2.83. The molecule has 0 amide bonds. The summed E-state index contributed by atoms with van der Waals surface area (Å²) in [6, 6.07) is 0. The Hall–Kier alpha value is -0.490. The summed E-state index contributed by atoms with van der Waals surface area (Å²) in [6.07, 6.45) is -4.15. The van der Waals surface area contributed by atoms with E-state index < -0.39 is 18.3 Å². The lowest BCUT2D eigenvalue weighted by Gasteiger charge is -2.16. The summed E-state index contributed by atoms with van der Waals surface area (Å²) in [5.41, 5.74) is 4.93. The van der Waals surface area contributed by atoms with Crippen molar-refractivity contribution in [2.75, 3.05) is 6.54 Å². The minimum absolute atomic E-state index is 0.142. The van der Waals surface area contributed by atoms with Gasteiger partial charge in [-0.1, -0.05) is 0 Å². The van der Waals surface area contributed by atoms with Crippen LogP contribution < -0.4 is 5.73 Å². The minimum atomic E-state index is -1.56. The van der Waals surface area contributed by atoms with Gasteiger partial charge in [-0.3, -0.25) is 0 Å². The summed E-state index contributed by atoms with van der Waals surface area (Å²) in [6.45, 7) is -0.188. The van der Waals surface area contributed by atoms with Gasteiger partial charge in [0, 0.05) is 6.54 Å². The first kappa shape index (κ1) is 9.51. The van der Waals surface area contributed by atoms with E-state index in [2.05, 4.69) is 0 Å². The van der Waals surface area contributed by atoms with Gasteiger partial charge in [0.05, 0.1) is 6.10 Å². The largest absolute Gasteiger partial charge is 0.389 e. The van der Waals surface area contributed by atoms with E-state index in [9.17, 15) is 4.79 Å². The number of aliphatic hydroxyl groups excluding tert-OH is 3. The number of nitrogens with two attached hydrogens (primary N) is 1. The number of hydrogen-bond donors (Lipinski definition) is 4. The lowest BCUT2D eigenvalue weighted by Crippen LogP contribution is -2.42. The Balaban J connectivity index is 3.80. The molecule has 0 saturated carbocycles. The van der Waals surface area contributed by atoms with Crippen molar-refractivity contribution in [1.82, 2.24) is 0 Å². The molecule has 0 aliphatic rings. The molecule has 0 aliphatic heterocycles. The van der Waals surface area contributed by atoms with E-state index in [4.69, 9.17) is 21.1 Å². The Morgan fingerprint density at radius 2 is 1.90 bits per heavy atom. The third-order valence-corrected chi connectivity index (χ3v) is 1.13. The summed E-state index contributed by atoms with van der Waals surface area (Å²) in [5.74, 6) is 0. The lowest BCUT2D eigenvalue weighted by molar-refractivity contribution is -0.125. The quantitative estimate of drug-likeness (QED) is 0.324. The van der Waals surface area contributed by atoms with Crippen LogP contribution in [0.4, 0.5) is 0 Å². The van der Waals surface area contributed by atoms with Gasteiger partial charge in [0.25, 0.3) is 0 Å². The molecule has 0 aromatic rings. The molecule has 10 heavy (non-hydrogen) atoms. The monoisotopic (exact) mass is 149 g/mol. The predicted octanol–water partition coefficient (Wildman–Crippen LogP) is -2.77. The summed E-state index contributed by atoms with van der Waals surface area (Å²) in [5, 5.41) is 26.1. The molecule has 0 bridgehead atoms. The van der Waals surface area contributed by atoms with Crippen molar-refractivity contribution in [3.63, 3.8) is 0 Å². The van der Waals surface area contributed by atoms with Crippen LogP contribution >= 0.6 is 0 Å². The molecule has 0 saturated heterocycles. The van der Waals surface area contributed by atoms with Gasteiger partial charge in [-0.2, -0.15) is 0 Å². The fourth-order valence-corrected chi connectivity index (χ4v) is 0.448. The minimum Gasteiger partial charge on any atom is -0.389 e. The molecule has 0 heterocycles. The SMILES string of the molecule is NC[C@@H](O)[C@H](O)[C@@H](O)C=O. The third-order valence-electron chi connectivity index (χ3n) is 1.13. The average molecular weight is 149 g/mol. The van der Waals surface area contributed by atoms with E-state index in [1.165, 1.54) is 0 Å². The second kappa shape index (κ2) is 4.35. The molecule has 5 heteroatoms. The number of carbonyl (C=O) groups is 1. The van der Waals surface area contributed by atoms with Gasteiger partial charge in [-0.15, -0.1) is 0 Å². The van der Waals surface area contributed by atoms with E-state index in [-0.39, 0.29) is 12.8 Å². The number of carbonyl (C=O) groups excluding carboxylic acids is 1. The Bertz CT molecular complexity index is 108. The van der Waals surface area contributed by atoms with E-state index in [1.54, 1.807) is 0 Å². The van der Waals surface area contributed by atoms with Crippen molar-refractivity contribution >= 4 is 6.29 Å². The zero-order chi connectivity index (χ0) is 8.15. The second-order valence-corrected chi connectivity index (χ2v) is 1.92. The number of aldehydes is 1. The fourth-order valence-electron chi connectivity index (χ4n) is 0.448. The van der Waals surface area contributed by atoms with Crippen molar-refractivity contribution in [3.05, 3.63) is 0 Å². The number of rotatable bonds is 4. The fraction of sp³-hybridized carbons (Fsp3) is 0.800. The molecule has 5 nitrogen and oxygen atoms in total. The third kappa shape index (κ3) is 2.40. The standard InChI is InChI=1S/C5H11NO4/c6-1-3(8)5(10)4(9)2-7/h2-5,8-10H,1,6H2/t3-,4+,5+/m1/s1. The molecule has 5 N–H and O–H groups in total. The zero-order valence-corrected chi connectivity index (χ0v) is 5.34. The lowest BCUT2D eigenvalue weighted by atomic mass is 10.1. The van der Waals surface area contributed by atoms with Crippen LogP contribution in [0.3, 0.4) is 0 Å². The van der Waals surface area contributed by atoms with Crippen LogP contribution in [0, 0.1) is 0 Å². The van der Waals surface area contributed by atoms with Crippen LogP contribution in [0.15, 0.2) is 0 Å². The van der Waals surface area contributed by atoms with Gasteiger partial charge in [0.2, 0.25) is 0 Å². The van der Waals surface area contributed by atoms with Crippen LogP contribution in [0.2, 0.25) is 0 Å². The number of hydrogen-bond acceptors (Lipinski definition) is 5. The molecule has 0 fully saturated rings. The van der Waals surface area contributed by atoms with Crippen LogP contribution in [-0.2, 0) is 4.79 Å². The molecule has 0 aromatic heterocycles. The molecule has 0 radical (unpaired) electrons. The van der Waals surface area contributed by atoms with Crippen LogP contribution in [-0.4, -0.2) is 46.5 Å². The van der Waals surface area contributed by atoms with Crippen molar-refractivity contribution in [2.24, 2.45) is 5.73 Å². The topological polar surface area (TPSA) is 104 Å². The van der Waals surface area contributed by atoms with Crippen molar-refractivity contribution in [3.8, 4) is 0 Å². The van der Waals surface area contributed by atoms with E-state index in [0.717, 1.165) is 0 Å². The highest BCUT2D eigenvalue weighted by Crippen LogP contribution is 1.95. The first-order valence-electron chi connectivity index (χ1n) is 2.83. The van der Waals surface area contributed by atoms with Crippen molar-refractivity contribution in [1.29, 1.82) is 0 Å². The summed E-state index contributed by atoms with van der Waals surface area (Å²) in [7, 11) is 0. The maximum Gasteiger partial charge on any atom is 0.151 e. The van der Waals surface area contributed by atoms with Gasteiger partial charge in [0.15, 0.2) is 6.29 Å². The maximum atomic E-state index is 9.80. The Morgan fingerprint density at radius 1 is 1.40 bits per heavy atom. The van der Waals surface area contributed by atoms with Gasteiger partial charge in [-0.25, -0.2) is 0 Å². The molecule has 0 aliphatic carbocycles. The predicted molar refractivity (Wildman–Crippen MR) is 33.1 cm³/mol. The smallest absolute Gasteiger partial charge is 0.151 e. The normalized spacial score (nSPS) is 19.6. The van der Waals surface area contributed by atoms with Gasteiger partial charge in [0.1, 0.15) is 12.2 Å². The molecule has 0 aromatic carbocycles. The summed E-state index contributed by atoms with van der Waals surface area (Å²) >= 11 is 0. The molecule has 60 valence electrons. The highest BCUT2D eigenvalue weighted by Gasteiger charge is 2.22. The zero-order valence-electron chi connectivity index (χ0n) is 5.34. The van der Waals surface area contributed by atoms with Gasteiger partial charge >= 0.3 is 0 Å². The first-order chi connectivity index (χ1) is 4.63. The summed E-state index contributed by atoms with van der Waals surface area (Å²) in [4.78, 5) is 9.80. The Labute approximate surface area is 58.1 Å². The average Bonchev–Trinajstić information content (AvgIpc) is 2.00. The summed E-state index contributed by atoms with van der Waals surface area (Å²) < 4.78 is 0. The molecule has 0 unspecified atom stereocenters. The Morgan fingerprint density at radius 3 is 2.20 bits per heavy atom. The second-order valence-electron chi connectivity index (χ2n) is 1.92. The van der Waals surface area contributed by atoms with Gasteiger partial charge in [-0.05, 0) is 0 Å². The van der Waals surface area contributed by atoms with E-state index >= 15 is 0 Å². The molecule has 0 rings (SSSR count). The molecule has 0 spiro atoms. The maximum absolute atomic E-state index is 9.80. The molecular formula is C5H11NO4. The van der Waals surface area contributed by atoms with Crippen LogP contribution in [0.5, 0.6) is 0 Å². The molecular weight excluding hydrogens is 138 g/mol. The highest BCUT2D eigenvalue weighted by molar-refractivity contribution is 5.56. The Kier molecular flexibility index (Phi) is 4.13. The van der Waals surface area contributed by atoms with Crippen molar-refractivity contribution < 1.29 is 20.1 Å². The highest BCUT2D eigenvalue weighted by atomic mass is 16.4. The van der Waals surface area contributed by atoms with E-state index in [0.29, 0.717) is 0 Å². The van der Waals surface area contributed by atoms with Crippen molar-refractivity contribution in [2.45, 2.75) is 18.3 Å². The molecule has 3 atom stereocenters. The van der Waals surface area contributed by atoms with Crippen LogP contribution in [0.25, 0.3) is 0 Å².